The average Bonchev–Trinajstić information content (AvgIpc) is 3.01. The van der Waals surface area contributed by atoms with Crippen LogP contribution in [0.15, 0.2) is 23.2 Å². The van der Waals surface area contributed by atoms with E-state index in [1.807, 2.05) is 25.5 Å². The minimum absolute atomic E-state index is 0.0376. The normalized spacial score (nSPS) is 18.1. The van der Waals surface area contributed by atoms with Crippen molar-refractivity contribution < 1.29 is 8.78 Å². The fourth-order valence-electron chi connectivity index (χ4n) is 3.32. The van der Waals surface area contributed by atoms with Gasteiger partial charge in [0.25, 0.3) is 0 Å². The summed E-state index contributed by atoms with van der Waals surface area (Å²) < 4.78 is 29.0. The van der Waals surface area contributed by atoms with Gasteiger partial charge in [0.15, 0.2) is 5.96 Å². The van der Waals surface area contributed by atoms with E-state index in [1.54, 1.807) is 0 Å². The number of benzene rings is 1. The number of aryl methyl sites for hydroxylation is 2. The van der Waals surface area contributed by atoms with Crippen LogP contribution in [0.1, 0.15) is 55.9 Å². The van der Waals surface area contributed by atoms with Crippen molar-refractivity contribution in [3.63, 3.8) is 0 Å². The van der Waals surface area contributed by atoms with Crippen molar-refractivity contribution in [1.82, 2.24) is 25.4 Å². The van der Waals surface area contributed by atoms with Gasteiger partial charge in [-0.2, -0.15) is 5.10 Å². The number of hydrogen-bond acceptors (Lipinski definition) is 3. The molecule has 27 heavy (non-hydrogen) atoms. The van der Waals surface area contributed by atoms with E-state index >= 15 is 0 Å². The number of halogens is 2. The molecule has 146 valence electrons. The molecule has 2 heterocycles. The number of aromatic nitrogens is 3. The number of aliphatic imine (C=N–C) groups is 1. The molecule has 0 aliphatic carbocycles. The van der Waals surface area contributed by atoms with E-state index in [0.29, 0.717) is 24.6 Å². The van der Waals surface area contributed by atoms with Crippen LogP contribution in [0.3, 0.4) is 0 Å². The van der Waals surface area contributed by atoms with Gasteiger partial charge in [-0.1, -0.05) is 13.0 Å². The van der Waals surface area contributed by atoms with Crippen molar-refractivity contribution in [1.29, 1.82) is 0 Å². The summed E-state index contributed by atoms with van der Waals surface area (Å²) in [4.78, 5) is 9.13. The van der Waals surface area contributed by atoms with Gasteiger partial charge in [-0.15, -0.1) is 0 Å². The molecule has 2 unspecified atom stereocenters. The van der Waals surface area contributed by atoms with Crippen LogP contribution in [0, 0.1) is 18.6 Å². The number of fused-ring (bicyclic) bond motifs is 1. The first kappa shape index (κ1) is 19.3. The number of guanidine groups is 1. The summed E-state index contributed by atoms with van der Waals surface area (Å²) >= 11 is 0. The highest BCUT2D eigenvalue weighted by atomic mass is 19.1. The van der Waals surface area contributed by atoms with Gasteiger partial charge in [0.2, 0.25) is 0 Å². The van der Waals surface area contributed by atoms with Crippen molar-refractivity contribution in [2.24, 2.45) is 4.99 Å². The van der Waals surface area contributed by atoms with E-state index in [4.69, 9.17) is 0 Å². The molecule has 2 N–H and O–H groups in total. The van der Waals surface area contributed by atoms with Crippen molar-refractivity contribution in [2.45, 2.75) is 52.1 Å². The molecular weight excluding hydrogens is 350 g/mol. The Balaban J connectivity index is 1.71. The standard InChI is InChI=1S/C19H26F2N6/c1-4-22-19(23-11-12(2)15-8-7-14(20)10-16(15)21)25-17-6-5-9-27-18(17)24-13(3)26-27/h7-8,10,12,17H,4-6,9,11H2,1-3H3,(H2,22,23,25). The van der Waals surface area contributed by atoms with Gasteiger partial charge >= 0.3 is 0 Å². The minimum Gasteiger partial charge on any atom is -0.357 e. The molecular formula is C19H26F2N6. The van der Waals surface area contributed by atoms with Crippen LogP contribution in [0.2, 0.25) is 0 Å². The molecule has 6 nitrogen and oxygen atoms in total. The summed E-state index contributed by atoms with van der Waals surface area (Å²) in [5.41, 5.74) is 0.462. The fraction of sp³-hybridized carbons (Fsp3) is 0.526. The number of nitrogens with zero attached hydrogens (tertiary/aromatic N) is 4. The summed E-state index contributed by atoms with van der Waals surface area (Å²) in [6.07, 6.45) is 1.97. The highest BCUT2D eigenvalue weighted by molar-refractivity contribution is 5.80. The Hall–Kier alpha value is -2.51. The van der Waals surface area contributed by atoms with E-state index < -0.39 is 11.6 Å². The molecule has 0 fully saturated rings. The zero-order chi connectivity index (χ0) is 19.4. The van der Waals surface area contributed by atoms with Crippen LogP contribution in [0.4, 0.5) is 8.78 Å². The third-order valence-corrected chi connectivity index (χ3v) is 4.65. The monoisotopic (exact) mass is 376 g/mol. The fourth-order valence-corrected chi connectivity index (χ4v) is 3.32. The maximum Gasteiger partial charge on any atom is 0.191 e. The molecule has 8 heteroatoms. The predicted molar refractivity (Wildman–Crippen MR) is 101 cm³/mol. The molecule has 0 radical (unpaired) electrons. The third-order valence-electron chi connectivity index (χ3n) is 4.65. The first-order valence-electron chi connectivity index (χ1n) is 9.39. The largest absolute Gasteiger partial charge is 0.357 e. The van der Waals surface area contributed by atoms with Crippen LogP contribution < -0.4 is 10.6 Å². The topological polar surface area (TPSA) is 67.1 Å². The van der Waals surface area contributed by atoms with Crippen LogP contribution in [0.25, 0.3) is 0 Å². The van der Waals surface area contributed by atoms with E-state index in [-0.39, 0.29) is 12.0 Å². The van der Waals surface area contributed by atoms with Crippen molar-refractivity contribution in [2.75, 3.05) is 13.1 Å². The zero-order valence-electron chi connectivity index (χ0n) is 16.0. The lowest BCUT2D eigenvalue weighted by Crippen LogP contribution is -2.41. The summed E-state index contributed by atoms with van der Waals surface area (Å²) in [5, 5.41) is 11.1. The van der Waals surface area contributed by atoms with E-state index in [9.17, 15) is 8.78 Å². The second-order valence-corrected chi connectivity index (χ2v) is 6.87. The minimum atomic E-state index is -0.571. The van der Waals surface area contributed by atoms with Crippen molar-refractivity contribution in [3.05, 3.63) is 47.0 Å². The predicted octanol–water partition coefficient (Wildman–Crippen LogP) is 3.06. The maximum absolute atomic E-state index is 14.0. The molecule has 2 aromatic rings. The van der Waals surface area contributed by atoms with Gasteiger partial charge in [-0.25, -0.2) is 18.4 Å². The number of hydrogen-bond donors (Lipinski definition) is 2. The van der Waals surface area contributed by atoms with Gasteiger partial charge < -0.3 is 10.6 Å². The van der Waals surface area contributed by atoms with Crippen molar-refractivity contribution in [3.8, 4) is 0 Å². The van der Waals surface area contributed by atoms with Crippen LogP contribution in [-0.2, 0) is 6.54 Å². The Morgan fingerprint density at radius 1 is 1.41 bits per heavy atom. The molecule has 2 atom stereocenters. The lowest BCUT2D eigenvalue weighted by atomic mass is 10.0. The molecule has 3 rings (SSSR count). The molecule has 0 amide bonds. The summed E-state index contributed by atoms with van der Waals surface area (Å²) in [6, 6.07) is 3.71. The van der Waals surface area contributed by atoms with Gasteiger partial charge in [0, 0.05) is 31.6 Å². The second kappa shape index (κ2) is 8.45. The van der Waals surface area contributed by atoms with Crippen LogP contribution >= 0.6 is 0 Å². The highest BCUT2D eigenvalue weighted by Gasteiger charge is 2.24. The van der Waals surface area contributed by atoms with Crippen LogP contribution in [0.5, 0.6) is 0 Å². The van der Waals surface area contributed by atoms with Crippen molar-refractivity contribution >= 4 is 5.96 Å². The molecule has 0 spiro atoms. The lowest BCUT2D eigenvalue weighted by molar-refractivity contribution is 0.397. The van der Waals surface area contributed by atoms with Crippen LogP contribution in [-0.4, -0.2) is 33.8 Å². The molecule has 0 saturated heterocycles. The molecule has 1 aromatic carbocycles. The SMILES string of the molecule is CCNC(=NCC(C)c1ccc(F)cc1F)NC1CCCn2nc(C)nc21. The first-order chi connectivity index (χ1) is 13.0. The Labute approximate surface area is 158 Å². The van der Waals surface area contributed by atoms with E-state index in [1.165, 1.54) is 12.1 Å². The number of nitrogens with one attached hydrogen (secondary N) is 2. The Morgan fingerprint density at radius 2 is 2.22 bits per heavy atom. The van der Waals surface area contributed by atoms with Gasteiger partial charge in [-0.3, -0.25) is 4.99 Å². The maximum atomic E-state index is 14.0. The summed E-state index contributed by atoms with van der Waals surface area (Å²) in [5.74, 6) is 1.07. The van der Waals surface area contributed by atoms with Gasteiger partial charge in [0.1, 0.15) is 23.3 Å². The van der Waals surface area contributed by atoms with Gasteiger partial charge in [-0.05, 0) is 38.3 Å². The molecule has 1 aromatic heterocycles. The summed E-state index contributed by atoms with van der Waals surface area (Å²) in [7, 11) is 0. The Kier molecular flexibility index (Phi) is 6.03. The average molecular weight is 376 g/mol. The molecule has 0 bridgehead atoms. The number of rotatable bonds is 5. The lowest BCUT2D eigenvalue weighted by Gasteiger charge is -2.25. The Bertz CT molecular complexity index is 817. The molecule has 0 saturated carbocycles. The highest BCUT2D eigenvalue weighted by Crippen LogP contribution is 2.23. The summed E-state index contributed by atoms with van der Waals surface area (Å²) in [6.45, 7) is 7.74. The smallest absolute Gasteiger partial charge is 0.191 e. The van der Waals surface area contributed by atoms with E-state index in [0.717, 1.165) is 37.1 Å². The van der Waals surface area contributed by atoms with E-state index in [2.05, 4.69) is 25.7 Å². The third kappa shape index (κ3) is 4.61. The zero-order valence-corrected chi connectivity index (χ0v) is 16.0. The Morgan fingerprint density at radius 3 is 2.96 bits per heavy atom. The van der Waals surface area contributed by atoms with Gasteiger partial charge in [0.05, 0.1) is 6.04 Å². The molecule has 1 aliphatic rings. The first-order valence-corrected chi connectivity index (χ1v) is 9.39. The molecule has 1 aliphatic heterocycles. The second-order valence-electron chi connectivity index (χ2n) is 6.87. The quantitative estimate of drug-likeness (QED) is 0.622.